The van der Waals surface area contributed by atoms with E-state index in [9.17, 15) is 4.79 Å². The zero-order chi connectivity index (χ0) is 23.6. The number of hydrogen-bond acceptors (Lipinski definition) is 3. The first-order valence-electron chi connectivity index (χ1n) is 14.1. The van der Waals surface area contributed by atoms with E-state index >= 15 is 0 Å². The molecular formula is C29H47BrO3. The van der Waals surface area contributed by atoms with E-state index in [1.54, 1.807) is 6.92 Å². The van der Waals surface area contributed by atoms with Crippen LogP contribution in [0.5, 0.6) is 0 Å². The third kappa shape index (κ3) is 3.78. The molecule has 5 fully saturated rings. The number of carbonyl (C=O) groups is 1. The highest BCUT2D eigenvalue weighted by atomic mass is 79.9. The molecular weight excluding hydrogens is 476 g/mol. The van der Waals surface area contributed by atoms with Gasteiger partial charge in [0.25, 0.3) is 0 Å². The van der Waals surface area contributed by atoms with Gasteiger partial charge in [0.2, 0.25) is 0 Å². The molecule has 1 aliphatic heterocycles. The molecule has 10 atom stereocenters. The summed E-state index contributed by atoms with van der Waals surface area (Å²) in [5.74, 6) is 4.92. The molecule has 0 radical (unpaired) electrons. The van der Waals surface area contributed by atoms with Crippen LogP contribution in [-0.4, -0.2) is 29.1 Å². The number of hydrogen-bond donors (Lipinski definition) is 0. The zero-order valence-electron chi connectivity index (χ0n) is 21.7. The molecule has 0 spiro atoms. The SMILES string of the molecule is CC(=O)O[C@@H]1CC[C@@]23CO[C@@H](C[C@@H]4[C@H]5CC[C@@H]([C@@H](C)CCCC(C)C)[C@]5(C)CC[C@H]42)[C@]3(Br)C1. The number of esters is 1. The molecule has 0 aromatic carbocycles. The van der Waals surface area contributed by atoms with Crippen LogP contribution in [0, 0.1) is 46.3 Å². The van der Waals surface area contributed by atoms with Gasteiger partial charge in [-0.2, -0.15) is 0 Å². The maximum absolute atomic E-state index is 11.7. The minimum atomic E-state index is -0.137. The summed E-state index contributed by atoms with van der Waals surface area (Å²) in [4.78, 5) is 11.7. The van der Waals surface area contributed by atoms with Gasteiger partial charge >= 0.3 is 5.97 Å². The van der Waals surface area contributed by atoms with Crippen LogP contribution in [0.2, 0.25) is 0 Å². The second-order valence-electron chi connectivity index (χ2n) is 13.4. The van der Waals surface area contributed by atoms with Crippen molar-refractivity contribution in [2.45, 2.75) is 122 Å². The van der Waals surface area contributed by atoms with E-state index in [1.165, 1.54) is 51.4 Å². The van der Waals surface area contributed by atoms with E-state index in [2.05, 4.69) is 43.6 Å². The van der Waals surface area contributed by atoms with Crippen LogP contribution >= 0.6 is 15.9 Å². The Morgan fingerprint density at radius 2 is 1.88 bits per heavy atom. The molecule has 0 unspecified atom stereocenters. The predicted octanol–water partition coefficient (Wildman–Crippen LogP) is 7.55. The van der Waals surface area contributed by atoms with Gasteiger partial charge in [-0.1, -0.05) is 62.9 Å². The van der Waals surface area contributed by atoms with Crippen LogP contribution in [0.4, 0.5) is 0 Å². The summed E-state index contributed by atoms with van der Waals surface area (Å²) in [6.45, 7) is 12.4. The van der Waals surface area contributed by atoms with E-state index in [4.69, 9.17) is 9.47 Å². The summed E-state index contributed by atoms with van der Waals surface area (Å²) in [6, 6.07) is 0. The molecule has 1 heterocycles. The predicted molar refractivity (Wildman–Crippen MR) is 136 cm³/mol. The topological polar surface area (TPSA) is 35.5 Å². The lowest BCUT2D eigenvalue weighted by Gasteiger charge is -2.63. The third-order valence-corrected chi connectivity index (χ3v) is 13.1. The third-order valence-electron chi connectivity index (χ3n) is 11.5. The van der Waals surface area contributed by atoms with Gasteiger partial charge < -0.3 is 9.47 Å². The highest BCUT2D eigenvalue weighted by molar-refractivity contribution is 9.10. The van der Waals surface area contributed by atoms with Crippen LogP contribution < -0.4 is 0 Å². The van der Waals surface area contributed by atoms with Gasteiger partial charge in [0.05, 0.1) is 17.0 Å². The van der Waals surface area contributed by atoms with Crippen LogP contribution in [0.1, 0.15) is 105 Å². The van der Waals surface area contributed by atoms with Gasteiger partial charge in [-0.3, -0.25) is 4.79 Å². The first kappa shape index (κ1) is 24.6. The molecule has 4 saturated carbocycles. The number of carbonyl (C=O) groups excluding carboxylic acids is 1. The van der Waals surface area contributed by atoms with Crippen molar-refractivity contribution in [2.75, 3.05) is 6.61 Å². The van der Waals surface area contributed by atoms with Crippen LogP contribution in [0.3, 0.4) is 0 Å². The quantitative estimate of drug-likeness (QED) is 0.266. The summed E-state index contributed by atoms with van der Waals surface area (Å²) < 4.78 is 12.3. The van der Waals surface area contributed by atoms with Crippen LogP contribution in [0.15, 0.2) is 0 Å². The number of fused-ring (bicyclic) bond motifs is 3. The molecule has 4 heteroatoms. The number of rotatable bonds is 6. The van der Waals surface area contributed by atoms with E-state index < -0.39 is 0 Å². The van der Waals surface area contributed by atoms with Gasteiger partial charge in [0, 0.05) is 18.8 Å². The van der Waals surface area contributed by atoms with Crippen molar-refractivity contribution >= 4 is 21.9 Å². The molecule has 188 valence electrons. The minimum absolute atomic E-state index is 0.00455. The monoisotopic (exact) mass is 522 g/mol. The lowest BCUT2D eigenvalue weighted by atomic mass is 9.44. The fourth-order valence-corrected chi connectivity index (χ4v) is 11.3. The fraction of sp³-hybridized carbons (Fsp3) is 0.966. The van der Waals surface area contributed by atoms with Crippen LogP contribution in [-0.2, 0) is 14.3 Å². The molecule has 0 amide bonds. The molecule has 3 nitrogen and oxygen atoms in total. The standard InChI is InChI=1S/C29H47BrO3/c1-18(2)7-6-8-19(3)23-9-10-24-22-15-26-29(30)16-21(33-20(4)31)11-14-28(29,17-32-26)25(22)12-13-27(23,24)5/h18-19,21-26H,6-17H2,1-5H3/t19-,21+,22+,23-,24+,25+,26-,27-,28+,29+/m0/s1. The molecule has 0 aromatic heterocycles. The van der Waals surface area contributed by atoms with Crippen molar-refractivity contribution in [3.8, 4) is 0 Å². The molecule has 33 heavy (non-hydrogen) atoms. The Kier molecular flexibility index (Phi) is 6.55. The summed E-state index contributed by atoms with van der Waals surface area (Å²) in [5, 5.41) is 0. The highest BCUT2D eigenvalue weighted by Crippen LogP contribution is 2.73. The van der Waals surface area contributed by atoms with E-state index in [0.29, 0.717) is 5.41 Å². The van der Waals surface area contributed by atoms with Crippen molar-refractivity contribution in [3.63, 3.8) is 0 Å². The second kappa shape index (κ2) is 8.79. The zero-order valence-corrected chi connectivity index (χ0v) is 23.3. The largest absolute Gasteiger partial charge is 0.463 e. The molecule has 0 aromatic rings. The molecule has 4 aliphatic carbocycles. The summed E-state index contributed by atoms with van der Waals surface area (Å²) in [5.41, 5.74) is 0.759. The first-order valence-corrected chi connectivity index (χ1v) is 14.9. The normalized spacial score (nSPS) is 49.3. The van der Waals surface area contributed by atoms with Gasteiger partial charge in [0.15, 0.2) is 0 Å². The van der Waals surface area contributed by atoms with E-state index in [0.717, 1.165) is 61.4 Å². The highest BCUT2D eigenvalue weighted by Gasteiger charge is 2.72. The molecule has 1 saturated heterocycles. The molecule has 5 rings (SSSR count). The average molecular weight is 524 g/mol. The van der Waals surface area contributed by atoms with Gasteiger partial charge in [0.1, 0.15) is 6.10 Å². The lowest BCUT2D eigenvalue weighted by Crippen LogP contribution is -2.63. The Morgan fingerprint density at radius 3 is 2.61 bits per heavy atom. The number of halogens is 1. The smallest absolute Gasteiger partial charge is 0.302 e. The van der Waals surface area contributed by atoms with Crippen LogP contribution in [0.25, 0.3) is 0 Å². The molecule has 5 aliphatic rings. The van der Waals surface area contributed by atoms with E-state index in [1.807, 2.05) is 0 Å². The van der Waals surface area contributed by atoms with Gasteiger partial charge in [-0.05, 0) is 85.9 Å². The molecule has 2 bridgehead atoms. The van der Waals surface area contributed by atoms with Crippen molar-refractivity contribution in [1.29, 1.82) is 0 Å². The molecule has 0 N–H and O–H groups in total. The van der Waals surface area contributed by atoms with Crippen molar-refractivity contribution in [3.05, 3.63) is 0 Å². The minimum Gasteiger partial charge on any atom is -0.463 e. The Labute approximate surface area is 210 Å². The fourth-order valence-electron chi connectivity index (χ4n) is 10.1. The first-order chi connectivity index (χ1) is 15.6. The van der Waals surface area contributed by atoms with Crippen molar-refractivity contribution in [1.82, 2.24) is 0 Å². The average Bonchev–Trinajstić information content (AvgIpc) is 3.16. The van der Waals surface area contributed by atoms with Crippen molar-refractivity contribution in [2.24, 2.45) is 46.3 Å². The Bertz CT molecular complexity index is 753. The van der Waals surface area contributed by atoms with Gasteiger partial charge in [-0.15, -0.1) is 0 Å². The summed E-state index contributed by atoms with van der Waals surface area (Å²) in [7, 11) is 0. The summed E-state index contributed by atoms with van der Waals surface area (Å²) >= 11 is 4.29. The Hall–Kier alpha value is -0.0900. The summed E-state index contributed by atoms with van der Waals surface area (Å²) in [6.07, 6.45) is 14.5. The second-order valence-corrected chi connectivity index (χ2v) is 14.9. The maximum atomic E-state index is 11.7. The number of alkyl halides is 1. The Balaban J connectivity index is 1.34. The van der Waals surface area contributed by atoms with E-state index in [-0.39, 0.29) is 27.9 Å². The number of ether oxygens (including phenoxy) is 2. The lowest BCUT2D eigenvalue weighted by molar-refractivity contribution is -0.154. The Morgan fingerprint density at radius 1 is 1.09 bits per heavy atom. The maximum Gasteiger partial charge on any atom is 0.302 e. The van der Waals surface area contributed by atoms with Crippen molar-refractivity contribution < 1.29 is 14.3 Å². The van der Waals surface area contributed by atoms with Gasteiger partial charge in [-0.25, -0.2) is 0 Å².